The molecule has 1 rings (SSSR count). The number of carbonyl (C=O) groups excluding carboxylic acids is 3. The van der Waals surface area contributed by atoms with Crippen LogP contribution in [0.3, 0.4) is 0 Å². The van der Waals surface area contributed by atoms with Gasteiger partial charge in [0.25, 0.3) is 0 Å². The van der Waals surface area contributed by atoms with Crippen LogP contribution < -0.4 is 0 Å². The molecule has 1 atom stereocenters. The van der Waals surface area contributed by atoms with Crippen LogP contribution in [0.15, 0.2) is 12.2 Å². The summed E-state index contributed by atoms with van der Waals surface area (Å²) in [6, 6.07) is 0. The fraction of sp³-hybridized carbons (Fsp3) is 0.667. The molecule has 0 aromatic rings. The second kappa shape index (κ2) is 6.68. The van der Waals surface area contributed by atoms with Crippen LogP contribution in [0.5, 0.6) is 0 Å². The molecule has 0 aromatic heterocycles. The van der Waals surface area contributed by atoms with Gasteiger partial charge in [-0.05, 0) is 32.1 Å². The van der Waals surface area contributed by atoms with Crippen molar-refractivity contribution in [2.75, 3.05) is 14.2 Å². The van der Waals surface area contributed by atoms with Crippen molar-refractivity contribution in [1.82, 2.24) is 0 Å². The lowest BCUT2D eigenvalue weighted by atomic mass is 9.65. The zero-order valence-electron chi connectivity index (χ0n) is 12.4. The highest BCUT2D eigenvalue weighted by Crippen LogP contribution is 2.44. The highest BCUT2D eigenvalue weighted by Gasteiger charge is 2.55. The van der Waals surface area contributed by atoms with E-state index >= 15 is 0 Å². The van der Waals surface area contributed by atoms with E-state index in [1.54, 1.807) is 6.92 Å². The quantitative estimate of drug-likeness (QED) is 0.438. The summed E-state index contributed by atoms with van der Waals surface area (Å²) in [6.07, 6.45) is 2.16. The van der Waals surface area contributed by atoms with Gasteiger partial charge in [0.1, 0.15) is 5.78 Å². The van der Waals surface area contributed by atoms with Gasteiger partial charge >= 0.3 is 11.9 Å². The summed E-state index contributed by atoms with van der Waals surface area (Å²) in [5.74, 6) is -1.61. The molecule has 1 unspecified atom stereocenters. The van der Waals surface area contributed by atoms with Gasteiger partial charge in [0.05, 0.1) is 14.2 Å². The molecule has 112 valence electrons. The van der Waals surface area contributed by atoms with Gasteiger partial charge in [-0.1, -0.05) is 5.57 Å². The van der Waals surface area contributed by atoms with Crippen molar-refractivity contribution >= 4 is 17.7 Å². The monoisotopic (exact) mass is 282 g/mol. The number of methoxy groups -OCH3 is 2. The maximum atomic E-state index is 12.3. The lowest BCUT2D eigenvalue weighted by Gasteiger charge is -2.37. The zero-order chi connectivity index (χ0) is 15.3. The molecule has 0 heterocycles. The van der Waals surface area contributed by atoms with E-state index in [-0.39, 0.29) is 24.5 Å². The molecule has 5 nitrogen and oxygen atoms in total. The van der Waals surface area contributed by atoms with Gasteiger partial charge in [0.15, 0.2) is 5.41 Å². The van der Waals surface area contributed by atoms with Crippen LogP contribution in [0.25, 0.3) is 0 Å². The van der Waals surface area contributed by atoms with E-state index in [0.717, 1.165) is 0 Å². The molecule has 0 aliphatic heterocycles. The van der Waals surface area contributed by atoms with Gasteiger partial charge in [-0.3, -0.25) is 14.4 Å². The summed E-state index contributed by atoms with van der Waals surface area (Å²) in [5.41, 5.74) is -0.773. The summed E-state index contributed by atoms with van der Waals surface area (Å²) < 4.78 is 9.67. The number of rotatable bonds is 5. The Morgan fingerprint density at radius 2 is 1.85 bits per heavy atom. The minimum absolute atomic E-state index is 0.0696. The molecule has 0 N–H and O–H groups in total. The zero-order valence-corrected chi connectivity index (χ0v) is 12.4. The largest absolute Gasteiger partial charge is 0.468 e. The number of hydrogen-bond acceptors (Lipinski definition) is 5. The van der Waals surface area contributed by atoms with Crippen LogP contribution >= 0.6 is 0 Å². The summed E-state index contributed by atoms with van der Waals surface area (Å²) in [7, 11) is 2.48. The minimum Gasteiger partial charge on any atom is -0.468 e. The van der Waals surface area contributed by atoms with Crippen molar-refractivity contribution in [2.24, 2.45) is 11.3 Å². The molecule has 1 saturated carbocycles. The van der Waals surface area contributed by atoms with E-state index in [0.29, 0.717) is 24.8 Å². The normalized spacial score (nSPS) is 19.4. The lowest BCUT2D eigenvalue weighted by molar-refractivity contribution is -0.175. The molecule has 0 saturated heterocycles. The fourth-order valence-electron chi connectivity index (χ4n) is 2.99. The molecule has 1 fully saturated rings. The third-order valence-electron chi connectivity index (χ3n) is 3.86. The Hall–Kier alpha value is -1.65. The van der Waals surface area contributed by atoms with Crippen molar-refractivity contribution in [3.05, 3.63) is 12.2 Å². The topological polar surface area (TPSA) is 69.7 Å². The fourth-order valence-corrected chi connectivity index (χ4v) is 2.99. The Bertz CT molecular complexity index is 408. The Labute approximate surface area is 119 Å². The molecule has 0 bridgehead atoms. The number of Topliss-reactive ketones (excluding diaryl/α,β-unsaturated/α-hetero) is 1. The summed E-state index contributed by atoms with van der Waals surface area (Å²) in [4.78, 5) is 36.3. The number of carbonyl (C=O) groups is 3. The van der Waals surface area contributed by atoms with Gasteiger partial charge in [-0.15, -0.1) is 6.58 Å². The average molecular weight is 282 g/mol. The van der Waals surface area contributed by atoms with E-state index in [1.165, 1.54) is 14.2 Å². The average Bonchev–Trinajstić information content (AvgIpc) is 2.42. The highest BCUT2D eigenvalue weighted by atomic mass is 16.5. The number of ether oxygens (including phenoxy) is 2. The molecule has 1 aliphatic rings. The van der Waals surface area contributed by atoms with Crippen LogP contribution in [-0.2, 0) is 23.9 Å². The van der Waals surface area contributed by atoms with Gasteiger partial charge in [-0.2, -0.15) is 0 Å². The Morgan fingerprint density at radius 1 is 1.30 bits per heavy atom. The van der Waals surface area contributed by atoms with E-state index in [9.17, 15) is 14.4 Å². The van der Waals surface area contributed by atoms with Crippen LogP contribution in [-0.4, -0.2) is 31.9 Å². The number of ketones is 1. The predicted molar refractivity (Wildman–Crippen MR) is 72.9 cm³/mol. The van der Waals surface area contributed by atoms with Crippen LogP contribution in [0.2, 0.25) is 0 Å². The third kappa shape index (κ3) is 3.08. The molecule has 20 heavy (non-hydrogen) atoms. The number of hydrogen-bond donors (Lipinski definition) is 0. The third-order valence-corrected chi connectivity index (χ3v) is 3.86. The van der Waals surface area contributed by atoms with Crippen LogP contribution in [0, 0.1) is 11.3 Å². The molecular weight excluding hydrogens is 260 g/mol. The van der Waals surface area contributed by atoms with Crippen molar-refractivity contribution < 1.29 is 23.9 Å². The van der Waals surface area contributed by atoms with Crippen molar-refractivity contribution in [3.63, 3.8) is 0 Å². The van der Waals surface area contributed by atoms with Gasteiger partial charge in [0, 0.05) is 12.8 Å². The van der Waals surface area contributed by atoms with Crippen LogP contribution in [0.4, 0.5) is 0 Å². The van der Waals surface area contributed by atoms with Crippen molar-refractivity contribution in [3.8, 4) is 0 Å². The second-order valence-corrected chi connectivity index (χ2v) is 5.42. The lowest BCUT2D eigenvalue weighted by Crippen LogP contribution is -2.49. The van der Waals surface area contributed by atoms with Gasteiger partial charge in [-0.25, -0.2) is 0 Å². The molecule has 0 aromatic carbocycles. The van der Waals surface area contributed by atoms with E-state index in [1.807, 2.05) is 0 Å². The SMILES string of the molecule is C=C(C)CC(C(=O)OC)(C(=O)OC)C1CCCC(=O)C1. The Balaban J connectivity index is 3.26. The molecule has 0 spiro atoms. The predicted octanol–water partition coefficient (Wildman–Crippen LogP) is 2.04. The summed E-state index contributed by atoms with van der Waals surface area (Å²) >= 11 is 0. The Morgan fingerprint density at radius 3 is 2.25 bits per heavy atom. The maximum absolute atomic E-state index is 12.3. The van der Waals surface area contributed by atoms with Gasteiger partial charge < -0.3 is 9.47 Å². The highest BCUT2D eigenvalue weighted by molar-refractivity contribution is 6.01. The Kier molecular flexibility index (Phi) is 5.48. The summed E-state index contributed by atoms with van der Waals surface area (Å²) in [6.45, 7) is 5.53. The van der Waals surface area contributed by atoms with Crippen molar-refractivity contribution in [2.45, 2.75) is 39.0 Å². The molecule has 1 aliphatic carbocycles. The maximum Gasteiger partial charge on any atom is 0.323 e. The first-order valence-electron chi connectivity index (χ1n) is 6.71. The first-order chi connectivity index (χ1) is 9.38. The molecule has 0 amide bonds. The first kappa shape index (κ1) is 16.4. The summed E-state index contributed by atoms with van der Waals surface area (Å²) in [5, 5.41) is 0. The molecule has 0 radical (unpaired) electrons. The minimum atomic E-state index is -1.45. The standard InChI is InChI=1S/C15H22O5/c1-10(2)9-15(13(17)19-3,14(18)20-4)11-6-5-7-12(16)8-11/h11H,1,5-9H2,2-4H3. The van der Waals surface area contributed by atoms with Crippen LogP contribution in [0.1, 0.15) is 39.0 Å². The van der Waals surface area contributed by atoms with Gasteiger partial charge in [0.2, 0.25) is 0 Å². The second-order valence-electron chi connectivity index (χ2n) is 5.42. The van der Waals surface area contributed by atoms with E-state index in [2.05, 4.69) is 6.58 Å². The molecular formula is C15H22O5. The smallest absolute Gasteiger partial charge is 0.323 e. The molecule has 5 heteroatoms. The van der Waals surface area contributed by atoms with Crippen molar-refractivity contribution in [1.29, 1.82) is 0 Å². The first-order valence-corrected chi connectivity index (χ1v) is 6.71. The number of allylic oxidation sites excluding steroid dienone is 1. The number of esters is 2. The van der Waals surface area contributed by atoms with E-state index in [4.69, 9.17) is 9.47 Å². The van der Waals surface area contributed by atoms with E-state index < -0.39 is 17.4 Å².